The first-order chi connectivity index (χ1) is 7.84. The zero-order valence-electron chi connectivity index (χ0n) is 9.10. The molecule has 0 radical (unpaired) electrons. The zero-order valence-corrected chi connectivity index (χ0v) is 9.92. The summed E-state index contributed by atoms with van der Waals surface area (Å²) in [6.45, 7) is 2.81. The maximum Gasteiger partial charge on any atom is 0.208 e. The number of rotatable bonds is 5. The van der Waals surface area contributed by atoms with Gasteiger partial charge in [-0.2, -0.15) is 0 Å². The van der Waals surface area contributed by atoms with E-state index >= 15 is 0 Å². The van der Waals surface area contributed by atoms with Gasteiger partial charge in [0.05, 0.1) is 0 Å². The van der Waals surface area contributed by atoms with Crippen molar-refractivity contribution >= 4 is 17.4 Å². The number of nitrogens with one attached hydrogen (secondary N) is 2. The van der Waals surface area contributed by atoms with Crippen LogP contribution in [0.4, 0.5) is 5.69 Å². The Morgan fingerprint density at radius 3 is 2.81 bits per heavy atom. The topological polar surface area (TPSA) is 53.6 Å². The van der Waals surface area contributed by atoms with Crippen LogP contribution in [0.25, 0.3) is 0 Å². The Hall–Kier alpha value is -1.49. The van der Waals surface area contributed by atoms with Crippen molar-refractivity contribution in [3.63, 3.8) is 0 Å². The Bertz CT molecular complexity index is 427. The van der Waals surface area contributed by atoms with Crippen LogP contribution >= 0.6 is 11.8 Å². The van der Waals surface area contributed by atoms with Crippen LogP contribution in [-0.2, 0) is 0 Å². The summed E-state index contributed by atoms with van der Waals surface area (Å²) in [6.07, 6.45) is 0. The van der Waals surface area contributed by atoms with Gasteiger partial charge >= 0.3 is 0 Å². The van der Waals surface area contributed by atoms with Gasteiger partial charge in [-0.25, -0.2) is 4.98 Å². The third kappa shape index (κ3) is 3.27. The molecule has 84 valence electrons. The van der Waals surface area contributed by atoms with Gasteiger partial charge in [0.2, 0.25) is 5.16 Å². The van der Waals surface area contributed by atoms with Crippen LogP contribution in [0.3, 0.4) is 0 Å². The van der Waals surface area contributed by atoms with Gasteiger partial charge in [0.25, 0.3) is 0 Å². The SMILES string of the molecule is Cc1nc(SCCNc2ccccc2)n[nH]1. The van der Waals surface area contributed by atoms with Crippen LogP contribution < -0.4 is 5.32 Å². The summed E-state index contributed by atoms with van der Waals surface area (Å²) in [4.78, 5) is 4.22. The number of hydrogen-bond acceptors (Lipinski definition) is 4. The largest absolute Gasteiger partial charge is 0.384 e. The van der Waals surface area contributed by atoms with Crippen molar-refractivity contribution in [2.75, 3.05) is 17.6 Å². The summed E-state index contributed by atoms with van der Waals surface area (Å²) in [6, 6.07) is 10.2. The second kappa shape index (κ2) is 5.55. The van der Waals surface area contributed by atoms with Crippen LogP contribution in [-0.4, -0.2) is 27.5 Å². The van der Waals surface area contributed by atoms with Crippen LogP contribution in [0.1, 0.15) is 5.82 Å². The number of thioether (sulfide) groups is 1. The van der Waals surface area contributed by atoms with E-state index in [0.29, 0.717) is 0 Å². The molecule has 0 amide bonds. The molecule has 0 atom stereocenters. The van der Waals surface area contributed by atoms with Crippen LogP contribution in [0.5, 0.6) is 0 Å². The lowest BCUT2D eigenvalue weighted by Crippen LogP contribution is -2.03. The van der Waals surface area contributed by atoms with E-state index in [0.717, 1.165) is 29.0 Å². The number of anilines is 1. The van der Waals surface area contributed by atoms with Gasteiger partial charge < -0.3 is 5.32 Å². The quantitative estimate of drug-likeness (QED) is 0.616. The molecule has 0 saturated heterocycles. The summed E-state index contributed by atoms with van der Waals surface area (Å²) < 4.78 is 0. The predicted molar refractivity (Wildman–Crippen MR) is 66.8 cm³/mol. The number of para-hydroxylation sites is 1. The number of H-pyrrole nitrogens is 1. The third-order valence-electron chi connectivity index (χ3n) is 2.01. The minimum absolute atomic E-state index is 0.812. The molecular formula is C11H14N4S. The van der Waals surface area contributed by atoms with Crippen molar-refractivity contribution in [3.05, 3.63) is 36.2 Å². The molecule has 0 aliphatic carbocycles. The van der Waals surface area contributed by atoms with E-state index in [2.05, 4.69) is 32.6 Å². The van der Waals surface area contributed by atoms with Crippen molar-refractivity contribution in [1.82, 2.24) is 15.2 Å². The number of aromatic amines is 1. The molecule has 0 saturated carbocycles. The fourth-order valence-electron chi connectivity index (χ4n) is 1.28. The van der Waals surface area contributed by atoms with Crippen molar-refractivity contribution in [3.8, 4) is 0 Å². The van der Waals surface area contributed by atoms with Crippen LogP contribution in [0.2, 0.25) is 0 Å². The van der Waals surface area contributed by atoms with Gasteiger partial charge in [0.15, 0.2) is 0 Å². The van der Waals surface area contributed by atoms with Gasteiger partial charge in [0, 0.05) is 18.0 Å². The van der Waals surface area contributed by atoms with E-state index in [1.807, 2.05) is 25.1 Å². The zero-order chi connectivity index (χ0) is 11.2. The van der Waals surface area contributed by atoms with Crippen LogP contribution in [0.15, 0.2) is 35.5 Å². The Morgan fingerprint density at radius 1 is 1.31 bits per heavy atom. The average Bonchev–Trinajstić information content (AvgIpc) is 2.72. The molecule has 16 heavy (non-hydrogen) atoms. The number of hydrogen-bond donors (Lipinski definition) is 2. The lowest BCUT2D eigenvalue weighted by Gasteiger charge is -2.03. The average molecular weight is 234 g/mol. The molecule has 5 heteroatoms. The number of aromatic nitrogens is 3. The highest BCUT2D eigenvalue weighted by Crippen LogP contribution is 2.12. The van der Waals surface area contributed by atoms with E-state index in [9.17, 15) is 0 Å². The van der Waals surface area contributed by atoms with E-state index in [1.54, 1.807) is 11.8 Å². The summed E-state index contributed by atoms with van der Waals surface area (Å²) in [7, 11) is 0. The molecule has 0 aliphatic heterocycles. The lowest BCUT2D eigenvalue weighted by atomic mass is 10.3. The first-order valence-electron chi connectivity index (χ1n) is 5.15. The number of benzene rings is 1. The van der Waals surface area contributed by atoms with Crippen molar-refractivity contribution < 1.29 is 0 Å². The van der Waals surface area contributed by atoms with E-state index in [1.165, 1.54) is 0 Å². The summed E-state index contributed by atoms with van der Waals surface area (Å²) >= 11 is 1.64. The fraction of sp³-hybridized carbons (Fsp3) is 0.273. The highest BCUT2D eigenvalue weighted by Gasteiger charge is 1.99. The van der Waals surface area contributed by atoms with Gasteiger partial charge in [0.1, 0.15) is 5.82 Å². The molecule has 2 rings (SSSR count). The maximum atomic E-state index is 4.22. The first-order valence-corrected chi connectivity index (χ1v) is 6.14. The van der Waals surface area contributed by atoms with Gasteiger partial charge in [-0.05, 0) is 19.1 Å². The highest BCUT2D eigenvalue weighted by molar-refractivity contribution is 7.99. The highest BCUT2D eigenvalue weighted by atomic mass is 32.2. The molecule has 1 aromatic heterocycles. The molecular weight excluding hydrogens is 220 g/mol. The minimum atomic E-state index is 0.812. The summed E-state index contributed by atoms with van der Waals surface area (Å²) in [5.74, 6) is 1.81. The Morgan fingerprint density at radius 2 is 2.12 bits per heavy atom. The van der Waals surface area contributed by atoms with E-state index in [-0.39, 0.29) is 0 Å². The molecule has 0 unspecified atom stereocenters. The monoisotopic (exact) mass is 234 g/mol. The summed E-state index contributed by atoms with van der Waals surface area (Å²) in [5.41, 5.74) is 1.15. The van der Waals surface area contributed by atoms with Crippen molar-refractivity contribution in [2.45, 2.75) is 12.1 Å². The summed E-state index contributed by atoms with van der Waals surface area (Å²) in [5, 5.41) is 11.0. The maximum absolute atomic E-state index is 4.22. The molecule has 0 bridgehead atoms. The van der Waals surface area contributed by atoms with Gasteiger partial charge in [-0.15, -0.1) is 5.10 Å². The van der Waals surface area contributed by atoms with Crippen LogP contribution in [0, 0.1) is 6.92 Å². The molecule has 2 N–H and O–H groups in total. The molecule has 1 heterocycles. The second-order valence-corrected chi connectivity index (χ2v) is 4.41. The molecule has 0 aliphatic rings. The smallest absolute Gasteiger partial charge is 0.208 e. The van der Waals surface area contributed by atoms with E-state index in [4.69, 9.17) is 0 Å². The molecule has 0 fully saturated rings. The Kier molecular flexibility index (Phi) is 3.82. The van der Waals surface area contributed by atoms with Crippen molar-refractivity contribution in [2.24, 2.45) is 0 Å². The standard InChI is InChI=1S/C11H14N4S/c1-9-13-11(15-14-9)16-8-7-12-10-5-3-2-4-6-10/h2-6,12H,7-8H2,1H3,(H,13,14,15). The third-order valence-corrected chi connectivity index (χ3v) is 2.86. The molecule has 0 spiro atoms. The normalized spacial score (nSPS) is 10.3. The number of aryl methyl sites for hydroxylation is 1. The second-order valence-electron chi connectivity index (χ2n) is 3.34. The molecule has 4 nitrogen and oxygen atoms in total. The minimum Gasteiger partial charge on any atom is -0.384 e. The fourth-order valence-corrected chi connectivity index (χ4v) is 1.98. The first kappa shape index (κ1) is 11.0. The van der Waals surface area contributed by atoms with E-state index < -0.39 is 0 Å². The number of nitrogens with zero attached hydrogens (tertiary/aromatic N) is 2. The van der Waals surface area contributed by atoms with Gasteiger partial charge in [-0.1, -0.05) is 30.0 Å². The Labute approximate surface area is 98.9 Å². The van der Waals surface area contributed by atoms with Crippen molar-refractivity contribution in [1.29, 1.82) is 0 Å². The predicted octanol–water partition coefficient (Wildman–Crippen LogP) is 2.32. The van der Waals surface area contributed by atoms with Gasteiger partial charge in [-0.3, -0.25) is 5.10 Å². The molecule has 1 aromatic carbocycles. The molecule has 2 aromatic rings. The lowest BCUT2D eigenvalue weighted by molar-refractivity contribution is 0.968. The Balaban J connectivity index is 1.69.